The van der Waals surface area contributed by atoms with Crippen LogP contribution >= 0.6 is 11.8 Å². The maximum atomic E-state index is 12.1. The third-order valence-electron chi connectivity index (χ3n) is 4.34. The van der Waals surface area contributed by atoms with Crippen LogP contribution in [0.1, 0.15) is 29.4 Å². The normalized spacial score (nSPS) is 10.7. The van der Waals surface area contributed by atoms with Crippen LogP contribution in [0.4, 0.5) is 5.69 Å². The molecule has 1 aromatic heterocycles. The topological polar surface area (TPSA) is 79.9 Å². The summed E-state index contributed by atoms with van der Waals surface area (Å²) in [6, 6.07) is 13.9. The van der Waals surface area contributed by atoms with E-state index in [2.05, 4.69) is 27.4 Å². The van der Waals surface area contributed by atoms with Gasteiger partial charge in [0.15, 0.2) is 5.82 Å². The van der Waals surface area contributed by atoms with Gasteiger partial charge in [-0.3, -0.25) is 9.89 Å². The first kappa shape index (κ1) is 19.9. The molecular formula is C21H24N4O2S. The number of aromatic amines is 1. The predicted molar refractivity (Wildman–Crippen MR) is 112 cm³/mol. The van der Waals surface area contributed by atoms with Crippen molar-refractivity contribution in [1.29, 1.82) is 0 Å². The highest BCUT2D eigenvalue weighted by Crippen LogP contribution is 2.17. The molecule has 0 fully saturated rings. The Hall–Kier alpha value is -2.80. The molecular weight excluding hydrogens is 372 g/mol. The van der Waals surface area contributed by atoms with Crippen LogP contribution in [0.5, 0.6) is 5.75 Å². The fourth-order valence-corrected chi connectivity index (χ4v) is 3.14. The average molecular weight is 397 g/mol. The first-order chi connectivity index (χ1) is 13.5. The minimum Gasteiger partial charge on any atom is -0.486 e. The van der Waals surface area contributed by atoms with E-state index < -0.39 is 0 Å². The van der Waals surface area contributed by atoms with Crippen LogP contribution in [-0.2, 0) is 17.8 Å². The molecule has 0 saturated carbocycles. The Bertz CT molecular complexity index is 938. The Morgan fingerprint density at radius 1 is 1.14 bits per heavy atom. The molecule has 3 rings (SSSR count). The monoisotopic (exact) mass is 396 g/mol. The summed E-state index contributed by atoms with van der Waals surface area (Å²) in [4.78, 5) is 16.5. The lowest BCUT2D eigenvalue weighted by Crippen LogP contribution is -2.14. The second-order valence-corrected chi connectivity index (χ2v) is 7.43. The van der Waals surface area contributed by atoms with Crippen molar-refractivity contribution >= 4 is 23.4 Å². The van der Waals surface area contributed by atoms with E-state index >= 15 is 0 Å². The molecule has 0 atom stereocenters. The van der Waals surface area contributed by atoms with Crippen molar-refractivity contribution in [3.05, 3.63) is 65.0 Å². The molecule has 7 heteroatoms. The molecule has 1 heterocycles. The predicted octanol–water partition coefficient (Wildman–Crippen LogP) is 4.29. The van der Waals surface area contributed by atoms with E-state index in [0.717, 1.165) is 23.4 Å². The molecule has 0 bridgehead atoms. The molecule has 6 nitrogen and oxygen atoms in total. The standard InChI is InChI=1S/C21H24N4O2S/c1-4-16-6-9-18(10-7-16)27-12-19-23-21(25-24-19)28-13-20(26)22-17-8-5-14(2)15(3)11-17/h5-11H,4,12-13H2,1-3H3,(H,22,26)(H,23,24,25). The van der Waals surface area contributed by atoms with E-state index in [9.17, 15) is 4.79 Å². The van der Waals surface area contributed by atoms with Crippen molar-refractivity contribution < 1.29 is 9.53 Å². The van der Waals surface area contributed by atoms with Gasteiger partial charge in [-0.05, 0) is 61.2 Å². The van der Waals surface area contributed by atoms with Gasteiger partial charge in [0.05, 0.1) is 5.75 Å². The fourth-order valence-electron chi connectivity index (χ4n) is 2.53. The minimum atomic E-state index is -0.0909. The number of ether oxygens (including phenoxy) is 1. The summed E-state index contributed by atoms with van der Waals surface area (Å²) in [5.74, 6) is 1.56. The van der Waals surface area contributed by atoms with Gasteiger partial charge in [-0.2, -0.15) is 0 Å². The number of aryl methyl sites for hydroxylation is 3. The van der Waals surface area contributed by atoms with E-state index in [-0.39, 0.29) is 11.7 Å². The number of H-pyrrole nitrogens is 1. The molecule has 0 radical (unpaired) electrons. The van der Waals surface area contributed by atoms with E-state index in [1.165, 1.54) is 22.9 Å². The maximum Gasteiger partial charge on any atom is 0.234 e. The lowest BCUT2D eigenvalue weighted by molar-refractivity contribution is -0.113. The Morgan fingerprint density at radius 2 is 1.93 bits per heavy atom. The van der Waals surface area contributed by atoms with Gasteiger partial charge in [-0.15, -0.1) is 5.10 Å². The Balaban J connectivity index is 1.45. The van der Waals surface area contributed by atoms with E-state index in [1.807, 2.05) is 56.3 Å². The highest BCUT2D eigenvalue weighted by atomic mass is 32.2. The van der Waals surface area contributed by atoms with Crippen LogP contribution in [0.3, 0.4) is 0 Å². The highest BCUT2D eigenvalue weighted by Gasteiger charge is 2.09. The summed E-state index contributed by atoms with van der Waals surface area (Å²) < 4.78 is 5.71. The van der Waals surface area contributed by atoms with Crippen molar-refractivity contribution in [2.24, 2.45) is 0 Å². The summed E-state index contributed by atoms with van der Waals surface area (Å²) in [5.41, 5.74) is 4.41. The number of nitrogens with zero attached hydrogens (tertiary/aromatic N) is 2. The van der Waals surface area contributed by atoms with Gasteiger partial charge >= 0.3 is 0 Å². The van der Waals surface area contributed by atoms with Crippen LogP contribution in [0.25, 0.3) is 0 Å². The van der Waals surface area contributed by atoms with Gasteiger partial charge in [0, 0.05) is 5.69 Å². The number of rotatable bonds is 8. The first-order valence-corrected chi connectivity index (χ1v) is 10.1. The number of hydrogen-bond donors (Lipinski definition) is 2. The SMILES string of the molecule is CCc1ccc(OCc2nc(SCC(=O)Nc3ccc(C)c(C)c3)n[nH]2)cc1. The zero-order valence-electron chi connectivity index (χ0n) is 16.3. The largest absolute Gasteiger partial charge is 0.486 e. The number of hydrogen-bond acceptors (Lipinski definition) is 5. The molecule has 1 amide bonds. The fraction of sp³-hybridized carbons (Fsp3) is 0.286. The second kappa shape index (κ2) is 9.41. The maximum absolute atomic E-state index is 12.1. The lowest BCUT2D eigenvalue weighted by Gasteiger charge is -2.06. The molecule has 0 aliphatic carbocycles. The zero-order chi connectivity index (χ0) is 19.9. The summed E-state index contributed by atoms with van der Waals surface area (Å²) >= 11 is 1.28. The molecule has 2 N–H and O–H groups in total. The van der Waals surface area contributed by atoms with Crippen molar-refractivity contribution in [3.8, 4) is 5.75 Å². The van der Waals surface area contributed by atoms with Crippen molar-refractivity contribution in [1.82, 2.24) is 15.2 Å². The van der Waals surface area contributed by atoms with Gasteiger partial charge in [0.2, 0.25) is 11.1 Å². The Kier molecular flexibility index (Phi) is 6.71. The van der Waals surface area contributed by atoms with Gasteiger partial charge < -0.3 is 10.1 Å². The number of amides is 1. The van der Waals surface area contributed by atoms with Crippen molar-refractivity contribution in [3.63, 3.8) is 0 Å². The number of nitrogens with one attached hydrogen (secondary N) is 2. The molecule has 0 spiro atoms. The molecule has 146 valence electrons. The number of benzene rings is 2. The molecule has 2 aromatic carbocycles. The molecule has 0 aliphatic rings. The lowest BCUT2D eigenvalue weighted by atomic mass is 10.1. The summed E-state index contributed by atoms with van der Waals surface area (Å²) in [6.07, 6.45) is 1.00. The summed E-state index contributed by atoms with van der Waals surface area (Å²) in [6.45, 7) is 6.48. The van der Waals surface area contributed by atoms with Crippen LogP contribution in [0.15, 0.2) is 47.6 Å². The molecule has 0 saturated heterocycles. The van der Waals surface area contributed by atoms with Crippen LogP contribution in [0, 0.1) is 13.8 Å². The third kappa shape index (κ3) is 5.60. The first-order valence-electron chi connectivity index (χ1n) is 9.16. The smallest absolute Gasteiger partial charge is 0.234 e. The summed E-state index contributed by atoms with van der Waals surface area (Å²) in [5, 5.41) is 10.4. The number of thioether (sulfide) groups is 1. The number of anilines is 1. The van der Waals surface area contributed by atoms with Gasteiger partial charge in [0.1, 0.15) is 12.4 Å². The van der Waals surface area contributed by atoms with Gasteiger partial charge in [0.25, 0.3) is 0 Å². The van der Waals surface area contributed by atoms with Crippen molar-refractivity contribution in [2.75, 3.05) is 11.1 Å². The molecule has 28 heavy (non-hydrogen) atoms. The van der Waals surface area contributed by atoms with Gasteiger partial charge in [-0.1, -0.05) is 36.9 Å². The summed E-state index contributed by atoms with van der Waals surface area (Å²) in [7, 11) is 0. The molecule has 3 aromatic rings. The van der Waals surface area contributed by atoms with Crippen LogP contribution in [0.2, 0.25) is 0 Å². The highest BCUT2D eigenvalue weighted by molar-refractivity contribution is 7.99. The van der Waals surface area contributed by atoms with E-state index in [0.29, 0.717) is 17.6 Å². The van der Waals surface area contributed by atoms with E-state index in [4.69, 9.17) is 4.74 Å². The number of aromatic nitrogens is 3. The second-order valence-electron chi connectivity index (χ2n) is 6.49. The average Bonchev–Trinajstić information content (AvgIpc) is 3.16. The Labute approximate surface area is 169 Å². The van der Waals surface area contributed by atoms with Gasteiger partial charge in [-0.25, -0.2) is 4.98 Å². The zero-order valence-corrected chi connectivity index (χ0v) is 17.1. The molecule has 0 unspecified atom stereocenters. The van der Waals surface area contributed by atoms with Crippen LogP contribution < -0.4 is 10.1 Å². The third-order valence-corrected chi connectivity index (χ3v) is 5.19. The minimum absolute atomic E-state index is 0.0909. The van der Waals surface area contributed by atoms with E-state index in [1.54, 1.807) is 0 Å². The number of carbonyl (C=O) groups is 1. The van der Waals surface area contributed by atoms with Crippen LogP contribution in [-0.4, -0.2) is 26.8 Å². The van der Waals surface area contributed by atoms with Crippen molar-refractivity contribution in [2.45, 2.75) is 39.0 Å². The molecule has 0 aliphatic heterocycles. The quantitative estimate of drug-likeness (QED) is 0.555. The number of carbonyl (C=O) groups excluding carboxylic acids is 1. The Morgan fingerprint density at radius 3 is 2.64 bits per heavy atom.